The Labute approximate surface area is 144 Å². The molecule has 0 saturated heterocycles. The topological polar surface area (TPSA) is 55.3 Å². The first kappa shape index (κ1) is 26.9. The Morgan fingerprint density at radius 3 is 1.21 bits per heavy atom. The molecule has 0 aromatic rings. The van der Waals surface area contributed by atoms with Crippen LogP contribution in [0.25, 0.3) is 0 Å². The molecule has 0 aliphatic carbocycles. The molecule has 0 amide bonds. The Balaban J connectivity index is 6.37. The fraction of sp³-hybridized carbons (Fsp3) is 1.00. The lowest BCUT2D eigenvalue weighted by atomic mass is 9.85. The van der Waals surface area contributed by atoms with Crippen molar-refractivity contribution in [2.75, 3.05) is 6.61 Å². The summed E-state index contributed by atoms with van der Waals surface area (Å²) in [6.45, 7) is -2.14. The van der Waals surface area contributed by atoms with Gasteiger partial charge < -0.3 is 14.7 Å². The molecule has 0 aliphatic rings. The second-order valence-corrected chi connectivity index (χ2v) is 4.99. The Bertz CT molecular complexity index is 526. The largest absolute Gasteiger partial charge is 0.871 e. The van der Waals surface area contributed by atoms with Crippen LogP contribution in [0.2, 0.25) is 0 Å². The highest BCUT2D eigenvalue weighted by Gasteiger charge is 2.95. The van der Waals surface area contributed by atoms with Crippen LogP contribution in [0.4, 0.5) is 65.9 Å². The van der Waals surface area contributed by atoms with E-state index in [2.05, 4.69) is 4.65 Å². The predicted octanol–water partition coefficient (Wildman–Crippen LogP) is 2.47. The van der Waals surface area contributed by atoms with Crippen LogP contribution in [0.5, 0.6) is 0 Å². The smallest absolute Gasteiger partial charge is 0.438 e. The maximum Gasteiger partial charge on any atom is 0.438 e. The summed E-state index contributed by atoms with van der Waals surface area (Å²) in [7, 11) is -3.47. The zero-order valence-electron chi connectivity index (χ0n) is 12.4. The second kappa shape index (κ2) is 7.30. The van der Waals surface area contributed by atoms with Gasteiger partial charge in [0.2, 0.25) is 0 Å². The summed E-state index contributed by atoms with van der Waals surface area (Å²) < 4.78 is 195. The highest BCUT2D eigenvalue weighted by atomic mass is 19.4. The maximum atomic E-state index is 13.2. The molecule has 0 heterocycles. The number of rotatable bonds is 8. The lowest BCUT2D eigenvalue weighted by molar-refractivity contribution is -0.457. The normalized spacial score (nSPS) is 15.8. The van der Waals surface area contributed by atoms with Gasteiger partial charge in [-0.3, -0.25) is 0 Å². The molecule has 0 saturated carbocycles. The molecule has 0 radical (unpaired) electrons. The van der Waals surface area contributed by atoms with Crippen molar-refractivity contribution in [3.05, 3.63) is 0 Å². The molecule has 0 N–H and O–H groups in total. The molecule has 0 rings (SSSR count). The van der Waals surface area contributed by atoms with Gasteiger partial charge in [0.25, 0.3) is 0 Å². The summed E-state index contributed by atoms with van der Waals surface area (Å²) in [4.78, 5) is 0. The van der Waals surface area contributed by atoms with E-state index in [1.165, 1.54) is 0 Å². The van der Waals surface area contributed by atoms with Gasteiger partial charge in [-0.05, 0) is 0 Å². The molecule has 0 spiro atoms. The quantitative estimate of drug-likeness (QED) is 0.417. The Hall–Kier alpha value is -1.11. The van der Waals surface area contributed by atoms with E-state index in [0.29, 0.717) is 0 Å². The maximum absolute atomic E-state index is 13.2. The zero-order chi connectivity index (χ0) is 23.2. The highest BCUT2D eigenvalue weighted by Crippen LogP contribution is 2.64. The van der Waals surface area contributed by atoms with Crippen molar-refractivity contribution in [2.45, 2.75) is 48.1 Å². The Morgan fingerprint density at radius 1 is 0.571 bits per heavy atom. The average Bonchev–Trinajstić information content (AvgIpc) is 2.42. The third-order valence-corrected chi connectivity index (χ3v) is 3.13. The van der Waals surface area contributed by atoms with Gasteiger partial charge in [0, 0.05) is 13.0 Å². The molecule has 0 bridgehead atoms. The Kier molecular flexibility index (Phi) is 7.01. The van der Waals surface area contributed by atoms with E-state index in [-0.39, 0.29) is 0 Å². The van der Waals surface area contributed by atoms with Gasteiger partial charge in [0.15, 0.2) is 0 Å². The predicted molar refractivity (Wildman–Crippen MR) is 52.1 cm³/mol. The summed E-state index contributed by atoms with van der Waals surface area (Å²) in [5.41, 5.74) is -8.36. The standard InChI is InChI=1S/C9H4BF15O3/c11-3(12,1-2-28-10(26)27)5(14,15)7(18,19)6(16,17)4(13,8(20,21)22)9(23,24)25/h1-2H2/q-2. The first-order chi connectivity index (χ1) is 11.9. The Morgan fingerprint density at radius 2 is 0.929 bits per heavy atom. The van der Waals surface area contributed by atoms with E-state index in [9.17, 15) is 75.9 Å². The van der Waals surface area contributed by atoms with E-state index < -0.39 is 62.1 Å². The van der Waals surface area contributed by atoms with E-state index in [0.717, 1.165) is 0 Å². The van der Waals surface area contributed by atoms with Gasteiger partial charge in [0.05, 0.1) is 7.32 Å². The zero-order valence-corrected chi connectivity index (χ0v) is 12.4. The summed E-state index contributed by atoms with van der Waals surface area (Å²) in [6, 6.07) is 0. The highest BCUT2D eigenvalue weighted by molar-refractivity contribution is 6.28. The van der Waals surface area contributed by atoms with Crippen LogP contribution >= 0.6 is 0 Å². The number of halogens is 15. The molecular weight excluding hydrogens is 452 g/mol. The number of hydrogen-bond acceptors (Lipinski definition) is 3. The summed E-state index contributed by atoms with van der Waals surface area (Å²) >= 11 is 0. The molecule has 0 fully saturated rings. The SMILES string of the molecule is [O-]B([O-])OCCC(F)(F)C(F)(F)C(F)(F)C(F)(F)C(F)(C(F)(F)F)C(F)(F)F. The van der Waals surface area contributed by atoms with E-state index in [1.54, 1.807) is 0 Å². The van der Waals surface area contributed by atoms with Gasteiger partial charge in [0.1, 0.15) is 0 Å². The van der Waals surface area contributed by atoms with Crippen LogP contribution < -0.4 is 10.0 Å². The number of hydrogen-bond donors (Lipinski definition) is 0. The minimum absolute atomic E-state index is 2.14. The molecular formula is C9H4BF15O3-2. The monoisotopic (exact) mass is 456 g/mol. The van der Waals surface area contributed by atoms with Crippen molar-refractivity contribution in [3.63, 3.8) is 0 Å². The third kappa shape index (κ3) is 3.96. The number of alkyl halides is 15. The molecule has 0 aromatic carbocycles. The van der Waals surface area contributed by atoms with E-state index in [1.807, 2.05) is 0 Å². The summed E-state index contributed by atoms with van der Waals surface area (Å²) in [5, 5.41) is 19.6. The van der Waals surface area contributed by atoms with Gasteiger partial charge in [-0.2, -0.15) is 61.5 Å². The van der Waals surface area contributed by atoms with Crippen molar-refractivity contribution in [1.29, 1.82) is 0 Å². The molecule has 0 aromatic heterocycles. The first-order valence-corrected chi connectivity index (χ1v) is 6.18. The lowest BCUT2D eigenvalue weighted by Crippen LogP contribution is -2.75. The van der Waals surface area contributed by atoms with Crippen LogP contribution in [0, 0.1) is 0 Å². The summed E-state index contributed by atoms with van der Waals surface area (Å²) in [5.74, 6) is -31.1. The van der Waals surface area contributed by atoms with Crippen molar-refractivity contribution in [1.82, 2.24) is 0 Å². The molecule has 0 aliphatic heterocycles. The fourth-order valence-electron chi connectivity index (χ4n) is 1.60. The van der Waals surface area contributed by atoms with Crippen molar-refractivity contribution in [2.24, 2.45) is 0 Å². The van der Waals surface area contributed by atoms with Crippen LogP contribution in [-0.4, -0.2) is 55.6 Å². The van der Waals surface area contributed by atoms with E-state index in [4.69, 9.17) is 0 Å². The second-order valence-electron chi connectivity index (χ2n) is 4.99. The van der Waals surface area contributed by atoms with Gasteiger partial charge >= 0.3 is 41.7 Å². The molecule has 0 atom stereocenters. The van der Waals surface area contributed by atoms with Crippen LogP contribution in [0.1, 0.15) is 6.42 Å². The minimum Gasteiger partial charge on any atom is -0.871 e. The van der Waals surface area contributed by atoms with Crippen molar-refractivity contribution >= 4 is 7.32 Å². The average molecular weight is 456 g/mol. The third-order valence-electron chi connectivity index (χ3n) is 3.13. The van der Waals surface area contributed by atoms with Gasteiger partial charge in [-0.15, -0.1) is 0 Å². The van der Waals surface area contributed by atoms with Crippen LogP contribution in [0.15, 0.2) is 0 Å². The first-order valence-electron chi connectivity index (χ1n) is 6.18. The molecule has 19 heteroatoms. The minimum atomic E-state index is -8.50. The van der Waals surface area contributed by atoms with Gasteiger partial charge in [-0.25, -0.2) is 4.39 Å². The lowest BCUT2D eigenvalue weighted by Gasteiger charge is -2.43. The molecule has 168 valence electrons. The summed E-state index contributed by atoms with van der Waals surface area (Å²) in [6.07, 6.45) is -18.9. The van der Waals surface area contributed by atoms with E-state index >= 15 is 0 Å². The van der Waals surface area contributed by atoms with Gasteiger partial charge in [-0.1, -0.05) is 0 Å². The molecule has 3 nitrogen and oxygen atoms in total. The molecule has 28 heavy (non-hydrogen) atoms. The van der Waals surface area contributed by atoms with Crippen molar-refractivity contribution < 1.29 is 80.6 Å². The van der Waals surface area contributed by atoms with Crippen LogP contribution in [0.3, 0.4) is 0 Å². The van der Waals surface area contributed by atoms with Crippen LogP contribution in [-0.2, 0) is 4.65 Å². The fourth-order valence-corrected chi connectivity index (χ4v) is 1.60. The molecule has 0 unspecified atom stereocenters. The van der Waals surface area contributed by atoms with Crippen molar-refractivity contribution in [3.8, 4) is 0 Å².